The fourth-order valence-electron chi connectivity index (χ4n) is 2.41. The second-order valence-corrected chi connectivity index (χ2v) is 4.24. The van der Waals surface area contributed by atoms with Crippen molar-refractivity contribution in [3.8, 4) is 0 Å². The van der Waals surface area contributed by atoms with Crippen molar-refractivity contribution in [2.75, 3.05) is 0 Å². The Kier molecular flexibility index (Phi) is 1.26. The summed E-state index contributed by atoms with van der Waals surface area (Å²) in [4.78, 5) is 11.3. The number of carbonyl (C=O) groups is 1. The van der Waals surface area contributed by atoms with Crippen LogP contribution in [0.4, 0.5) is 0 Å². The molecule has 0 aromatic carbocycles. The molecule has 2 rings (SSSR count). The molecule has 0 radical (unpaired) electrons. The summed E-state index contributed by atoms with van der Waals surface area (Å²) in [7, 11) is 0. The first kappa shape index (κ1) is 7.08. The van der Waals surface area contributed by atoms with E-state index >= 15 is 0 Å². The summed E-state index contributed by atoms with van der Waals surface area (Å²) in [6.07, 6.45) is 3.88. The SMILES string of the molecule is C=C1CC2C[C@]1(C)CCC2=O. The van der Waals surface area contributed by atoms with E-state index in [2.05, 4.69) is 13.5 Å². The zero-order valence-corrected chi connectivity index (χ0v) is 7.02. The standard InChI is InChI=1S/C10H14O/c1-7-5-8-6-10(7,2)4-3-9(8)11/h8H,1,3-6H2,2H3/t8?,10-/m0/s1. The summed E-state index contributed by atoms with van der Waals surface area (Å²) in [5.74, 6) is 0.808. The van der Waals surface area contributed by atoms with Crippen molar-refractivity contribution in [2.24, 2.45) is 11.3 Å². The second-order valence-electron chi connectivity index (χ2n) is 4.24. The minimum absolute atomic E-state index is 0.318. The third-order valence-corrected chi connectivity index (χ3v) is 3.42. The van der Waals surface area contributed by atoms with Gasteiger partial charge in [-0.05, 0) is 24.7 Å². The molecule has 1 nitrogen and oxygen atoms in total. The zero-order valence-electron chi connectivity index (χ0n) is 7.02. The first-order valence-electron chi connectivity index (χ1n) is 4.33. The van der Waals surface area contributed by atoms with E-state index < -0.39 is 0 Å². The van der Waals surface area contributed by atoms with Crippen LogP contribution in [0.15, 0.2) is 12.2 Å². The quantitative estimate of drug-likeness (QED) is 0.484. The second kappa shape index (κ2) is 1.96. The lowest BCUT2D eigenvalue weighted by atomic mass is 9.75. The van der Waals surface area contributed by atoms with E-state index in [0.717, 1.165) is 25.7 Å². The highest BCUT2D eigenvalue weighted by Gasteiger charge is 2.44. The molecule has 0 heterocycles. The molecule has 0 amide bonds. The Morgan fingerprint density at radius 2 is 2.36 bits per heavy atom. The van der Waals surface area contributed by atoms with E-state index in [9.17, 15) is 4.79 Å². The number of fused-ring (bicyclic) bond motifs is 2. The molecule has 2 atom stereocenters. The molecule has 2 bridgehead atoms. The van der Waals surface area contributed by atoms with Gasteiger partial charge in [-0.3, -0.25) is 4.79 Å². The van der Waals surface area contributed by atoms with Crippen molar-refractivity contribution in [3.63, 3.8) is 0 Å². The summed E-state index contributed by atoms with van der Waals surface area (Å²) < 4.78 is 0. The lowest BCUT2D eigenvalue weighted by molar-refractivity contribution is -0.124. The highest BCUT2D eigenvalue weighted by molar-refractivity contribution is 5.83. The molecule has 2 saturated carbocycles. The Morgan fingerprint density at radius 1 is 1.64 bits per heavy atom. The van der Waals surface area contributed by atoms with Gasteiger partial charge in [-0.2, -0.15) is 0 Å². The Labute approximate surface area is 67.5 Å². The lowest BCUT2D eigenvalue weighted by Gasteiger charge is -2.28. The smallest absolute Gasteiger partial charge is 0.136 e. The molecule has 0 N–H and O–H groups in total. The van der Waals surface area contributed by atoms with Crippen molar-refractivity contribution in [1.29, 1.82) is 0 Å². The van der Waals surface area contributed by atoms with Crippen LogP contribution < -0.4 is 0 Å². The fourth-order valence-corrected chi connectivity index (χ4v) is 2.41. The van der Waals surface area contributed by atoms with Gasteiger partial charge in [0.1, 0.15) is 5.78 Å². The van der Waals surface area contributed by atoms with Gasteiger partial charge in [0.25, 0.3) is 0 Å². The normalized spacial score (nSPS) is 43.2. The Morgan fingerprint density at radius 3 is 3.00 bits per heavy atom. The number of rotatable bonds is 0. The number of carbonyl (C=O) groups excluding carboxylic acids is 1. The Hall–Kier alpha value is -0.590. The van der Waals surface area contributed by atoms with E-state index in [1.54, 1.807) is 0 Å². The van der Waals surface area contributed by atoms with Crippen molar-refractivity contribution in [2.45, 2.75) is 32.6 Å². The Bertz CT molecular complexity index is 229. The highest BCUT2D eigenvalue weighted by Crippen LogP contribution is 2.52. The van der Waals surface area contributed by atoms with Crippen LogP contribution in [-0.2, 0) is 4.79 Å². The van der Waals surface area contributed by atoms with Gasteiger partial charge in [-0.1, -0.05) is 19.1 Å². The van der Waals surface area contributed by atoms with Gasteiger partial charge in [0.15, 0.2) is 0 Å². The van der Waals surface area contributed by atoms with E-state index in [1.165, 1.54) is 5.57 Å². The maximum Gasteiger partial charge on any atom is 0.136 e. The maximum absolute atomic E-state index is 11.3. The fraction of sp³-hybridized carbons (Fsp3) is 0.700. The first-order chi connectivity index (χ1) is 5.12. The third kappa shape index (κ3) is 0.867. The van der Waals surface area contributed by atoms with Crippen molar-refractivity contribution >= 4 is 5.78 Å². The van der Waals surface area contributed by atoms with Gasteiger partial charge in [-0.25, -0.2) is 0 Å². The van der Waals surface area contributed by atoms with E-state index in [-0.39, 0.29) is 0 Å². The highest BCUT2D eigenvalue weighted by atomic mass is 16.1. The van der Waals surface area contributed by atoms with Gasteiger partial charge in [0, 0.05) is 12.3 Å². The molecule has 0 spiro atoms. The number of allylic oxidation sites excluding steroid dienone is 1. The molecular weight excluding hydrogens is 136 g/mol. The van der Waals surface area contributed by atoms with Crippen molar-refractivity contribution < 1.29 is 4.79 Å². The average Bonchev–Trinajstić information content (AvgIpc) is 2.20. The molecule has 60 valence electrons. The number of hydrogen-bond acceptors (Lipinski definition) is 1. The lowest BCUT2D eigenvalue weighted by Crippen LogP contribution is -2.23. The summed E-state index contributed by atoms with van der Waals surface area (Å²) >= 11 is 0. The minimum Gasteiger partial charge on any atom is -0.299 e. The van der Waals surface area contributed by atoms with Crippen LogP contribution in [0.1, 0.15) is 32.6 Å². The van der Waals surface area contributed by atoms with Crippen molar-refractivity contribution in [1.82, 2.24) is 0 Å². The van der Waals surface area contributed by atoms with Crippen LogP contribution in [0, 0.1) is 11.3 Å². The predicted octanol–water partition coefficient (Wildman–Crippen LogP) is 2.32. The molecule has 0 aliphatic heterocycles. The number of ketones is 1. The number of Topliss-reactive ketones (excluding diaryl/α,β-unsaturated/α-hetero) is 1. The first-order valence-corrected chi connectivity index (χ1v) is 4.33. The van der Waals surface area contributed by atoms with E-state index in [0.29, 0.717) is 17.1 Å². The maximum atomic E-state index is 11.3. The molecule has 2 aliphatic rings. The summed E-state index contributed by atoms with van der Waals surface area (Å²) in [5.41, 5.74) is 1.63. The van der Waals surface area contributed by atoms with Gasteiger partial charge in [0.05, 0.1) is 0 Å². The molecule has 0 aromatic rings. The van der Waals surface area contributed by atoms with Crippen LogP contribution in [0.5, 0.6) is 0 Å². The summed E-state index contributed by atoms with van der Waals surface area (Å²) in [6, 6.07) is 0. The van der Waals surface area contributed by atoms with Gasteiger partial charge < -0.3 is 0 Å². The predicted molar refractivity (Wildman–Crippen MR) is 44.2 cm³/mol. The van der Waals surface area contributed by atoms with Gasteiger partial charge in [-0.15, -0.1) is 0 Å². The summed E-state index contributed by atoms with van der Waals surface area (Å²) in [5, 5.41) is 0. The molecule has 1 unspecified atom stereocenters. The van der Waals surface area contributed by atoms with E-state index in [4.69, 9.17) is 0 Å². The van der Waals surface area contributed by atoms with Crippen LogP contribution in [0.2, 0.25) is 0 Å². The van der Waals surface area contributed by atoms with Gasteiger partial charge in [0.2, 0.25) is 0 Å². The van der Waals surface area contributed by atoms with Crippen LogP contribution in [-0.4, -0.2) is 5.78 Å². The molecule has 2 fully saturated rings. The monoisotopic (exact) mass is 150 g/mol. The van der Waals surface area contributed by atoms with Crippen molar-refractivity contribution in [3.05, 3.63) is 12.2 Å². The Balaban J connectivity index is 2.31. The summed E-state index contributed by atoms with van der Waals surface area (Å²) in [6.45, 7) is 6.30. The van der Waals surface area contributed by atoms with Crippen LogP contribution in [0.3, 0.4) is 0 Å². The van der Waals surface area contributed by atoms with E-state index in [1.807, 2.05) is 0 Å². The van der Waals surface area contributed by atoms with Crippen LogP contribution in [0.25, 0.3) is 0 Å². The number of hydrogen-bond donors (Lipinski definition) is 0. The molecule has 0 saturated heterocycles. The largest absolute Gasteiger partial charge is 0.299 e. The van der Waals surface area contributed by atoms with Crippen LogP contribution >= 0.6 is 0 Å². The molecule has 0 aromatic heterocycles. The molecule has 1 heteroatoms. The zero-order chi connectivity index (χ0) is 8.06. The third-order valence-electron chi connectivity index (χ3n) is 3.42. The average molecular weight is 150 g/mol. The molecular formula is C10H14O. The molecule has 2 aliphatic carbocycles. The molecule has 11 heavy (non-hydrogen) atoms. The topological polar surface area (TPSA) is 17.1 Å². The van der Waals surface area contributed by atoms with Gasteiger partial charge >= 0.3 is 0 Å². The minimum atomic E-state index is 0.318.